The molecule has 3 amide bonds. The van der Waals surface area contributed by atoms with Gasteiger partial charge in [-0.25, -0.2) is 0 Å². The molecule has 0 bridgehead atoms. The second-order valence-electron chi connectivity index (χ2n) is 11.7. The molecule has 0 aromatic heterocycles. The second-order valence-corrected chi connectivity index (χ2v) is 12.8. The summed E-state index contributed by atoms with van der Waals surface area (Å²) in [6.45, 7) is 4.18. The lowest BCUT2D eigenvalue weighted by molar-refractivity contribution is -0.137. The third kappa shape index (κ3) is 9.73. The molecule has 0 heterocycles. The van der Waals surface area contributed by atoms with Crippen molar-refractivity contribution in [3.05, 3.63) is 167 Å². The zero-order chi connectivity index (χ0) is 35.7. The van der Waals surface area contributed by atoms with Gasteiger partial charge in [0.25, 0.3) is 11.8 Å². The van der Waals surface area contributed by atoms with Gasteiger partial charge >= 0.3 is 6.18 Å². The highest BCUT2D eigenvalue weighted by Gasteiger charge is 2.31. The van der Waals surface area contributed by atoms with Gasteiger partial charge in [0.1, 0.15) is 10.9 Å². The monoisotopic (exact) mass is 693 g/mol. The average Bonchev–Trinajstić information content (AvgIpc) is 3.11. The van der Waals surface area contributed by atoms with E-state index in [4.69, 9.17) is 0 Å². The number of alkyl halides is 3. The van der Waals surface area contributed by atoms with Gasteiger partial charge in [-0.3, -0.25) is 14.4 Å². The maximum absolute atomic E-state index is 13.5. The van der Waals surface area contributed by atoms with Gasteiger partial charge in [-0.15, -0.1) is 11.8 Å². The third-order valence-electron chi connectivity index (χ3n) is 7.61. The van der Waals surface area contributed by atoms with Crippen molar-refractivity contribution < 1.29 is 27.6 Å². The van der Waals surface area contributed by atoms with Crippen molar-refractivity contribution in [3.8, 4) is 0 Å². The Morgan fingerprint density at radius 3 is 1.94 bits per heavy atom. The van der Waals surface area contributed by atoms with Crippen LogP contribution in [0.1, 0.15) is 57.6 Å². The highest BCUT2D eigenvalue weighted by Crippen LogP contribution is 2.37. The van der Waals surface area contributed by atoms with Crippen molar-refractivity contribution >= 4 is 46.9 Å². The summed E-state index contributed by atoms with van der Waals surface area (Å²) in [5.41, 5.74) is 2.58. The van der Waals surface area contributed by atoms with Crippen LogP contribution in [-0.2, 0) is 15.8 Å². The molecular formula is C40H34F3N3O3S. The number of amides is 3. The number of halogens is 3. The minimum Gasteiger partial charge on any atom is -0.325 e. The average molecular weight is 694 g/mol. The van der Waals surface area contributed by atoms with Crippen molar-refractivity contribution in [2.24, 2.45) is 0 Å². The number of carbonyl (C=O) groups is 3. The van der Waals surface area contributed by atoms with Gasteiger partial charge in [0.2, 0.25) is 5.91 Å². The predicted molar refractivity (Wildman–Crippen MR) is 193 cm³/mol. The quantitative estimate of drug-likeness (QED) is 0.0950. The molecular weight excluding hydrogens is 660 g/mol. The van der Waals surface area contributed by atoms with E-state index in [-0.39, 0.29) is 11.4 Å². The lowest BCUT2D eigenvalue weighted by atomic mass is 10.0. The zero-order valence-electron chi connectivity index (χ0n) is 27.2. The Morgan fingerprint density at radius 2 is 1.32 bits per heavy atom. The molecule has 5 aromatic rings. The summed E-state index contributed by atoms with van der Waals surface area (Å²) in [6.07, 6.45) is -2.94. The zero-order valence-corrected chi connectivity index (χ0v) is 28.0. The van der Waals surface area contributed by atoms with Crippen LogP contribution in [0.25, 0.3) is 6.08 Å². The fourth-order valence-corrected chi connectivity index (χ4v) is 5.94. The first-order valence-electron chi connectivity index (χ1n) is 15.8. The van der Waals surface area contributed by atoms with Gasteiger partial charge in [-0.2, -0.15) is 13.2 Å². The standard InChI is InChI=1S/C40H34F3N3O3S/c1-26(2)28-18-16-27(17-19-28)24-35(46-37(47)30-12-7-4-8-13-30)38(48)44-32-20-22-34(23-21-32)50-36(29-10-5-3-6-11-29)39(49)45-33-15-9-14-31(25-33)40(41,42)43/h3-26,36H,1-2H3,(H,44,48)(H,45,49)(H,46,47)/b35-24-. The Bertz CT molecular complexity index is 1960. The summed E-state index contributed by atoms with van der Waals surface area (Å²) in [5, 5.41) is 7.40. The van der Waals surface area contributed by atoms with Crippen LogP contribution in [0.3, 0.4) is 0 Å². The number of rotatable bonds is 11. The van der Waals surface area contributed by atoms with E-state index in [1.807, 2.05) is 24.3 Å². The maximum atomic E-state index is 13.5. The van der Waals surface area contributed by atoms with Crippen LogP contribution in [0.5, 0.6) is 0 Å². The van der Waals surface area contributed by atoms with Crippen LogP contribution in [0, 0.1) is 0 Å². The molecule has 0 aliphatic rings. The van der Waals surface area contributed by atoms with Gasteiger partial charge in [0.05, 0.1) is 5.56 Å². The van der Waals surface area contributed by atoms with E-state index < -0.39 is 34.7 Å². The molecule has 0 fully saturated rings. The number of benzene rings is 5. The summed E-state index contributed by atoms with van der Waals surface area (Å²) >= 11 is 1.21. The number of carbonyl (C=O) groups excluding carboxylic acids is 3. The number of nitrogens with one attached hydrogen (secondary N) is 3. The summed E-state index contributed by atoms with van der Waals surface area (Å²) in [4.78, 5) is 40.7. The molecule has 5 rings (SSSR count). The van der Waals surface area contributed by atoms with Crippen LogP contribution < -0.4 is 16.0 Å². The van der Waals surface area contributed by atoms with E-state index in [0.29, 0.717) is 27.6 Å². The summed E-state index contributed by atoms with van der Waals surface area (Å²) in [7, 11) is 0. The van der Waals surface area contributed by atoms with Crippen LogP contribution in [0.4, 0.5) is 24.5 Å². The molecule has 5 aromatic carbocycles. The van der Waals surface area contributed by atoms with Crippen molar-refractivity contribution in [3.63, 3.8) is 0 Å². The highest BCUT2D eigenvalue weighted by atomic mass is 32.2. The van der Waals surface area contributed by atoms with Crippen molar-refractivity contribution in [1.29, 1.82) is 0 Å². The molecule has 0 spiro atoms. The number of anilines is 2. The fraction of sp³-hybridized carbons (Fsp3) is 0.125. The summed E-state index contributed by atoms with van der Waals surface area (Å²) in [5.74, 6) is -1.14. The molecule has 3 N–H and O–H groups in total. The molecule has 10 heteroatoms. The number of hydrogen-bond acceptors (Lipinski definition) is 4. The van der Waals surface area contributed by atoms with E-state index in [2.05, 4.69) is 29.8 Å². The minimum absolute atomic E-state index is 0.0310. The lowest BCUT2D eigenvalue weighted by Gasteiger charge is -2.18. The largest absolute Gasteiger partial charge is 0.416 e. The van der Waals surface area contributed by atoms with E-state index in [9.17, 15) is 27.6 Å². The van der Waals surface area contributed by atoms with E-state index in [1.54, 1.807) is 91.0 Å². The van der Waals surface area contributed by atoms with Gasteiger partial charge in [0.15, 0.2) is 0 Å². The lowest BCUT2D eigenvalue weighted by Crippen LogP contribution is -2.30. The van der Waals surface area contributed by atoms with Gasteiger partial charge in [-0.05, 0) is 83.3 Å². The Labute approximate surface area is 292 Å². The Kier molecular flexibility index (Phi) is 11.6. The van der Waals surface area contributed by atoms with Crippen molar-refractivity contribution in [2.75, 3.05) is 10.6 Å². The van der Waals surface area contributed by atoms with Gasteiger partial charge in [-0.1, -0.05) is 92.7 Å². The summed E-state index contributed by atoms with van der Waals surface area (Å²) < 4.78 is 39.8. The van der Waals surface area contributed by atoms with Gasteiger partial charge < -0.3 is 16.0 Å². The second kappa shape index (κ2) is 16.2. The predicted octanol–water partition coefficient (Wildman–Crippen LogP) is 9.71. The molecule has 6 nitrogen and oxygen atoms in total. The molecule has 0 aliphatic carbocycles. The molecule has 0 saturated carbocycles. The van der Waals surface area contributed by atoms with Crippen molar-refractivity contribution in [1.82, 2.24) is 5.32 Å². The first-order chi connectivity index (χ1) is 24.0. The van der Waals surface area contributed by atoms with Crippen LogP contribution in [0.2, 0.25) is 0 Å². The third-order valence-corrected chi connectivity index (χ3v) is 8.87. The molecule has 1 atom stereocenters. The molecule has 254 valence electrons. The molecule has 0 aliphatic heterocycles. The molecule has 0 radical (unpaired) electrons. The first kappa shape index (κ1) is 35.7. The van der Waals surface area contributed by atoms with E-state index in [0.717, 1.165) is 23.3 Å². The summed E-state index contributed by atoms with van der Waals surface area (Å²) in [6, 6.07) is 36.5. The number of thioether (sulfide) groups is 1. The molecule has 50 heavy (non-hydrogen) atoms. The van der Waals surface area contributed by atoms with Crippen molar-refractivity contribution in [2.45, 2.75) is 36.1 Å². The SMILES string of the molecule is CC(C)c1ccc(/C=C(\NC(=O)c2ccccc2)C(=O)Nc2ccc(SC(C(=O)Nc3cccc(C(F)(F)F)c3)c3ccccc3)cc2)cc1. The molecule has 1 unspecified atom stereocenters. The minimum atomic E-state index is -4.55. The fourth-order valence-electron chi connectivity index (χ4n) is 4.92. The van der Waals surface area contributed by atoms with Crippen LogP contribution in [0.15, 0.2) is 144 Å². The molecule has 0 saturated heterocycles. The van der Waals surface area contributed by atoms with Gasteiger partial charge in [0, 0.05) is 21.8 Å². The Hall–Kier alpha value is -5.61. The Balaban J connectivity index is 1.33. The van der Waals surface area contributed by atoms with Crippen LogP contribution >= 0.6 is 11.8 Å². The smallest absolute Gasteiger partial charge is 0.325 e. The van der Waals surface area contributed by atoms with Crippen LogP contribution in [-0.4, -0.2) is 17.7 Å². The maximum Gasteiger partial charge on any atom is 0.416 e. The Morgan fingerprint density at radius 1 is 0.680 bits per heavy atom. The number of hydrogen-bond donors (Lipinski definition) is 3. The highest BCUT2D eigenvalue weighted by molar-refractivity contribution is 8.00. The first-order valence-corrected chi connectivity index (χ1v) is 16.6. The normalized spacial score (nSPS) is 12.2. The van der Waals surface area contributed by atoms with E-state index in [1.165, 1.54) is 23.9 Å². The van der Waals surface area contributed by atoms with E-state index >= 15 is 0 Å². The topological polar surface area (TPSA) is 87.3 Å².